The van der Waals surface area contributed by atoms with Crippen LogP contribution in [0.15, 0.2) is 40.0 Å². The van der Waals surface area contributed by atoms with E-state index in [1.807, 2.05) is 39.0 Å². The minimum absolute atomic E-state index is 0.0148. The van der Waals surface area contributed by atoms with Gasteiger partial charge in [0.05, 0.1) is 17.8 Å². The molecule has 164 valence electrons. The Morgan fingerprint density at radius 3 is 2.90 bits per heavy atom. The third kappa shape index (κ3) is 3.29. The number of fused-ring (bicyclic) bond motifs is 2. The molecule has 0 radical (unpaired) electrons. The van der Waals surface area contributed by atoms with Crippen molar-refractivity contribution in [2.24, 2.45) is 11.1 Å². The second kappa shape index (κ2) is 7.37. The molecule has 5 rings (SSSR count). The predicted octanol–water partition coefficient (Wildman–Crippen LogP) is 2.42. The molecule has 0 bridgehead atoms. The topological polar surface area (TPSA) is 100 Å². The molecule has 2 aliphatic heterocycles. The molecule has 1 fully saturated rings. The van der Waals surface area contributed by atoms with Gasteiger partial charge in [-0.3, -0.25) is 4.79 Å². The Kier molecular flexibility index (Phi) is 4.77. The van der Waals surface area contributed by atoms with E-state index in [1.54, 1.807) is 4.90 Å². The van der Waals surface area contributed by atoms with E-state index in [1.165, 1.54) is 5.56 Å². The molecule has 1 aromatic heterocycles. The largest absolute Gasteiger partial charge is 0.391 e. The van der Waals surface area contributed by atoms with E-state index in [9.17, 15) is 9.90 Å². The van der Waals surface area contributed by atoms with Gasteiger partial charge in [-0.05, 0) is 24.8 Å². The lowest BCUT2D eigenvalue weighted by Gasteiger charge is -2.30. The van der Waals surface area contributed by atoms with Gasteiger partial charge in [-0.15, -0.1) is 0 Å². The summed E-state index contributed by atoms with van der Waals surface area (Å²) in [7, 11) is 0. The van der Waals surface area contributed by atoms with Gasteiger partial charge in [0.2, 0.25) is 11.6 Å². The quantitative estimate of drug-likeness (QED) is 0.782. The van der Waals surface area contributed by atoms with Gasteiger partial charge in [-0.1, -0.05) is 48.4 Å². The number of hydrogen-bond acceptors (Lipinski definition) is 7. The summed E-state index contributed by atoms with van der Waals surface area (Å²) >= 11 is 0. The van der Waals surface area contributed by atoms with Crippen LogP contribution in [0.1, 0.15) is 55.2 Å². The molecular formula is C23H28N4O4. The number of nitrogens with one attached hydrogen (secondary N) is 1. The van der Waals surface area contributed by atoms with Crippen LogP contribution in [0.5, 0.6) is 0 Å². The number of carbonyl (C=O) groups excluding carboxylic acids is 1. The highest BCUT2D eigenvalue weighted by atomic mass is 16.7. The van der Waals surface area contributed by atoms with Crippen molar-refractivity contribution in [3.63, 3.8) is 0 Å². The fourth-order valence-electron chi connectivity index (χ4n) is 5.09. The molecule has 0 saturated carbocycles. The summed E-state index contributed by atoms with van der Waals surface area (Å²) in [6.45, 7) is 6.07. The fraction of sp³-hybridized carbons (Fsp3) is 0.522. The smallest absolute Gasteiger partial charge is 0.235 e. The Morgan fingerprint density at radius 1 is 1.35 bits per heavy atom. The highest BCUT2D eigenvalue weighted by Gasteiger charge is 2.50. The van der Waals surface area contributed by atoms with Crippen LogP contribution in [0.4, 0.5) is 0 Å². The molecule has 4 atom stereocenters. The van der Waals surface area contributed by atoms with Crippen molar-refractivity contribution < 1.29 is 19.3 Å². The van der Waals surface area contributed by atoms with Crippen LogP contribution in [0, 0.1) is 12.8 Å². The zero-order valence-electron chi connectivity index (χ0n) is 18.0. The lowest BCUT2D eigenvalue weighted by atomic mass is 9.91. The Morgan fingerprint density at radius 2 is 2.16 bits per heavy atom. The first-order chi connectivity index (χ1) is 14.9. The second-order valence-electron chi connectivity index (χ2n) is 9.17. The Balaban J connectivity index is 1.40. The standard InChI is InChI=1S/C23H28N4O4/c1-13(2)20(19-10-14(3)25-30-19)22(29)27-12-16(28)11-18(27)21-24-23(31-26-21)9-8-15-6-4-5-7-17(15)23/h4-7,10,13,16,18,20,28H,8-9,11-12H2,1-3H3,(H,24,26)/t16-,18+,20-,23+/m1/s1. The van der Waals surface area contributed by atoms with Crippen molar-refractivity contribution in [2.75, 3.05) is 6.54 Å². The van der Waals surface area contributed by atoms with Crippen molar-refractivity contribution in [1.82, 2.24) is 15.4 Å². The van der Waals surface area contributed by atoms with E-state index in [0.717, 1.165) is 24.1 Å². The third-order valence-corrected chi connectivity index (χ3v) is 6.59. The molecule has 2 N–H and O–H groups in total. The Labute approximate surface area is 181 Å². The van der Waals surface area contributed by atoms with E-state index in [2.05, 4.69) is 27.8 Å². The maximum atomic E-state index is 13.6. The summed E-state index contributed by atoms with van der Waals surface area (Å²) in [4.78, 5) is 21.3. The average molecular weight is 425 g/mol. The first-order valence-electron chi connectivity index (χ1n) is 10.9. The number of aliphatic hydroxyl groups is 1. The van der Waals surface area contributed by atoms with E-state index >= 15 is 0 Å². The number of aliphatic hydroxyl groups excluding tert-OH is 1. The molecule has 2 aromatic rings. The summed E-state index contributed by atoms with van der Waals surface area (Å²) in [5, 5.41) is 22.2. The number of aromatic nitrogens is 1. The van der Waals surface area contributed by atoms with Gasteiger partial charge >= 0.3 is 0 Å². The van der Waals surface area contributed by atoms with Crippen LogP contribution in [0.25, 0.3) is 0 Å². The van der Waals surface area contributed by atoms with Crippen LogP contribution < -0.4 is 5.32 Å². The summed E-state index contributed by atoms with van der Waals surface area (Å²) in [6.07, 6.45) is 1.48. The molecular weight excluding hydrogens is 396 g/mol. The monoisotopic (exact) mass is 424 g/mol. The minimum Gasteiger partial charge on any atom is -0.391 e. The molecule has 1 amide bonds. The lowest BCUT2D eigenvalue weighted by Crippen LogP contribution is -2.50. The highest BCUT2D eigenvalue weighted by molar-refractivity contribution is 5.94. The summed E-state index contributed by atoms with van der Waals surface area (Å²) in [5.41, 5.74) is 2.38. The molecule has 3 aliphatic rings. The van der Waals surface area contributed by atoms with Crippen LogP contribution in [-0.2, 0) is 21.8 Å². The first kappa shape index (κ1) is 20.1. The summed E-state index contributed by atoms with van der Waals surface area (Å²) in [5.74, 6) is 0.596. The van der Waals surface area contributed by atoms with Gasteiger partial charge in [0.25, 0.3) is 0 Å². The number of aryl methyl sites for hydroxylation is 2. The van der Waals surface area contributed by atoms with Gasteiger partial charge in [0, 0.05) is 31.0 Å². The Hall–Kier alpha value is -2.87. The average Bonchev–Trinajstić information content (AvgIpc) is 3.51. The van der Waals surface area contributed by atoms with Crippen molar-refractivity contribution in [2.45, 2.75) is 63.8 Å². The number of amidine groups is 1. The van der Waals surface area contributed by atoms with Gasteiger partial charge < -0.3 is 24.7 Å². The molecule has 1 aliphatic carbocycles. The van der Waals surface area contributed by atoms with Crippen LogP contribution in [0.3, 0.4) is 0 Å². The number of rotatable bonds is 4. The van der Waals surface area contributed by atoms with Crippen LogP contribution in [-0.4, -0.2) is 45.6 Å². The molecule has 0 unspecified atom stereocenters. The third-order valence-electron chi connectivity index (χ3n) is 6.59. The number of oxime groups is 1. The van der Waals surface area contributed by atoms with E-state index in [0.29, 0.717) is 18.0 Å². The molecule has 31 heavy (non-hydrogen) atoms. The number of likely N-dealkylation sites (tertiary alicyclic amines) is 1. The van der Waals surface area contributed by atoms with Crippen molar-refractivity contribution in [3.05, 3.63) is 52.9 Å². The summed E-state index contributed by atoms with van der Waals surface area (Å²) < 4.78 is 5.44. The molecule has 1 spiro atoms. The predicted molar refractivity (Wildman–Crippen MR) is 113 cm³/mol. The van der Waals surface area contributed by atoms with Crippen molar-refractivity contribution in [1.29, 1.82) is 0 Å². The number of nitrogens with zero attached hydrogens (tertiary/aromatic N) is 3. The normalized spacial score (nSPS) is 27.9. The van der Waals surface area contributed by atoms with E-state index in [4.69, 9.17) is 9.36 Å². The van der Waals surface area contributed by atoms with Gasteiger partial charge in [-0.2, -0.15) is 0 Å². The van der Waals surface area contributed by atoms with Gasteiger partial charge in [-0.25, -0.2) is 0 Å². The molecule has 1 saturated heterocycles. The lowest BCUT2D eigenvalue weighted by molar-refractivity contribution is -0.134. The second-order valence-corrected chi connectivity index (χ2v) is 9.17. The molecule has 8 nitrogen and oxygen atoms in total. The molecule has 8 heteroatoms. The van der Waals surface area contributed by atoms with Gasteiger partial charge in [0.1, 0.15) is 11.7 Å². The minimum atomic E-state index is -0.687. The molecule has 3 heterocycles. The van der Waals surface area contributed by atoms with E-state index in [-0.39, 0.29) is 24.4 Å². The number of benzene rings is 1. The zero-order valence-corrected chi connectivity index (χ0v) is 18.0. The maximum Gasteiger partial charge on any atom is 0.235 e. The highest BCUT2D eigenvalue weighted by Crippen LogP contribution is 2.41. The Bertz CT molecular complexity index is 1030. The van der Waals surface area contributed by atoms with Crippen LogP contribution >= 0.6 is 0 Å². The van der Waals surface area contributed by atoms with Crippen LogP contribution in [0.2, 0.25) is 0 Å². The number of β-amino-alcohol motifs (C(OH)–C–C–N with tert-alkyl or cyclic N) is 1. The maximum absolute atomic E-state index is 13.6. The number of hydrogen-bond donors (Lipinski definition) is 2. The zero-order chi connectivity index (χ0) is 21.8. The van der Waals surface area contributed by atoms with E-state index < -0.39 is 17.7 Å². The SMILES string of the molecule is Cc1cc([C@H](C(=O)N2C[C@H](O)C[C@H]2C2=NO[C@]3(CCc4ccccc43)N2)C(C)C)on1. The van der Waals surface area contributed by atoms with Crippen molar-refractivity contribution >= 4 is 11.7 Å². The van der Waals surface area contributed by atoms with Gasteiger partial charge in [0.15, 0.2) is 5.84 Å². The number of amides is 1. The summed E-state index contributed by atoms with van der Waals surface area (Å²) in [6, 6.07) is 9.62. The van der Waals surface area contributed by atoms with Crippen molar-refractivity contribution in [3.8, 4) is 0 Å². The number of carbonyl (C=O) groups is 1. The first-order valence-corrected chi connectivity index (χ1v) is 10.9. The molecule has 1 aromatic carbocycles. The fourth-order valence-corrected chi connectivity index (χ4v) is 5.09.